The Morgan fingerprint density at radius 3 is 2.78 bits per heavy atom. The van der Waals surface area contributed by atoms with E-state index >= 15 is 0 Å². The van der Waals surface area contributed by atoms with Gasteiger partial charge in [-0.2, -0.15) is 0 Å². The van der Waals surface area contributed by atoms with Crippen molar-refractivity contribution in [3.05, 3.63) is 75.8 Å². The molecule has 2 aromatic heterocycles. The standard InChI is InChI=1S/C22H22N2O3/c1-2-14-9-18-16(10-22(26)27-21(18)11-20(14)25)12-23-8-7-15-13-24-19-6-4-3-5-17(15)19/h3-6,9-11,13,23-25H,2,7-8,12H2,1H3/p+1. The quantitative estimate of drug-likeness (QED) is 0.364. The molecule has 5 heteroatoms. The lowest BCUT2D eigenvalue weighted by molar-refractivity contribution is -0.669. The van der Waals surface area contributed by atoms with Gasteiger partial charge >= 0.3 is 5.63 Å². The van der Waals surface area contributed by atoms with Gasteiger partial charge in [0.1, 0.15) is 17.9 Å². The van der Waals surface area contributed by atoms with Crippen molar-refractivity contribution in [3.63, 3.8) is 0 Å². The Hall–Kier alpha value is -3.05. The number of aromatic nitrogens is 1. The highest BCUT2D eigenvalue weighted by molar-refractivity contribution is 5.83. The van der Waals surface area contributed by atoms with E-state index in [1.165, 1.54) is 10.9 Å². The van der Waals surface area contributed by atoms with Gasteiger partial charge in [0.25, 0.3) is 0 Å². The minimum absolute atomic E-state index is 0.175. The van der Waals surface area contributed by atoms with Crippen LogP contribution in [0.3, 0.4) is 0 Å². The van der Waals surface area contributed by atoms with Gasteiger partial charge in [0.15, 0.2) is 0 Å². The largest absolute Gasteiger partial charge is 0.508 e. The Morgan fingerprint density at radius 2 is 1.93 bits per heavy atom. The van der Waals surface area contributed by atoms with E-state index in [0.29, 0.717) is 12.1 Å². The number of nitrogens with two attached hydrogens (primary N) is 1. The first-order valence-electron chi connectivity index (χ1n) is 9.31. The third kappa shape index (κ3) is 3.46. The van der Waals surface area contributed by atoms with E-state index in [9.17, 15) is 9.90 Å². The molecule has 2 heterocycles. The number of quaternary nitrogens is 1. The fraction of sp³-hybridized carbons (Fsp3) is 0.227. The van der Waals surface area contributed by atoms with Crippen LogP contribution >= 0.6 is 0 Å². The van der Waals surface area contributed by atoms with Crippen molar-refractivity contribution in [2.75, 3.05) is 6.54 Å². The van der Waals surface area contributed by atoms with Crippen LogP contribution in [-0.4, -0.2) is 16.6 Å². The van der Waals surface area contributed by atoms with Crippen LogP contribution in [0.4, 0.5) is 0 Å². The molecule has 5 nitrogen and oxygen atoms in total. The molecule has 0 aliphatic heterocycles. The fourth-order valence-electron chi connectivity index (χ4n) is 3.61. The summed E-state index contributed by atoms with van der Waals surface area (Å²) in [7, 11) is 0. The third-order valence-electron chi connectivity index (χ3n) is 5.07. The lowest BCUT2D eigenvalue weighted by Gasteiger charge is -2.08. The number of hydrogen-bond acceptors (Lipinski definition) is 3. The molecular formula is C22H23N2O3+. The highest BCUT2D eigenvalue weighted by atomic mass is 16.4. The average Bonchev–Trinajstić information content (AvgIpc) is 3.07. The predicted molar refractivity (Wildman–Crippen MR) is 106 cm³/mol. The van der Waals surface area contributed by atoms with Crippen LogP contribution in [0.5, 0.6) is 5.75 Å². The highest BCUT2D eigenvalue weighted by Crippen LogP contribution is 2.26. The van der Waals surface area contributed by atoms with Gasteiger partial charge in [-0.1, -0.05) is 25.1 Å². The summed E-state index contributed by atoms with van der Waals surface area (Å²) in [4.78, 5) is 15.2. The second-order valence-electron chi connectivity index (χ2n) is 6.81. The van der Waals surface area contributed by atoms with Gasteiger partial charge in [0.05, 0.1) is 6.54 Å². The van der Waals surface area contributed by atoms with Gasteiger partial charge in [-0.15, -0.1) is 0 Å². The van der Waals surface area contributed by atoms with Crippen LogP contribution in [-0.2, 0) is 19.4 Å². The van der Waals surface area contributed by atoms with Crippen LogP contribution in [0, 0.1) is 0 Å². The molecule has 0 bridgehead atoms. The van der Waals surface area contributed by atoms with Crippen molar-refractivity contribution in [2.24, 2.45) is 0 Å². The van der Waals surface area contributed by atoms with Gasteiger partial charge in [-0.05, 0) is 29.7 Å². The maximum atomic E-state index is 11.9. The number of para-hydroxylation sites is 1. The van der Waals surface area contributed by atoms with Gasteiger partial charge in [-0.3, -0.25) is 0 Å². The number of rotatable bonds is 6. The molecule has 0 aliphatic rings. The molecule has 0 atom stereocenters. The molecule has 0 aliphatic carbocycles. The maximum absolute atomic E-state index is 11.9. The van der Waals surface area contributed by atoms with E-state index in [1.54, 1.807) is 12.1 Å². The Labute approximate surface area is 156 Å². The van der Waals surface area contributed by atoms with Crippen molar-refractivity contribution in [3.8, 4) is 5.75 Å². The van der Waals surface area contributed by atoms with E-state index in [4.69, 9.17) is 4.42 Å². The van der Waals surface area contributed by atoms with E-state index in [1.807, 2.05) is 19.1 Å². The molecule has 0 radical (unpaired) electrons. The fourth-order valence-corrected chi connectivity index (χ4v) is 3.61. The number of H-pyrrole nitrogens is 1. The van der Waals surface area contributed by atoms with Gasteiger partial charge in [0, 0.05) is 46.6 Å². The first-order valence-corrected chi connectivity index (χ1v) is 9.31. The molecule has 0 spiro atoms. The lowest BCUT2D eigenvalue weighted by atomic mass is 10.0. The van der Waals surface area contributed by atoms with Crippen LogP contribution in [0.25, 0.3) is 21.9 Å². The summed E-state index contributed by atoms with van der Waals surface area (Å²) in [6.45, 7) is 3.60. The van der Waals surface area contributed by atoms with E-state index in [-0.39, 0.29) is 11.4 Å². The summed E-state index contributed by atoms with van der Waals surface area (Å²) in [6, 6.07) is 13.3. The summed E-state index contributed by atoms with van der Waals surface area (Å²) in [5, 5.41) is 14.4. The van der Waals surface area contributed by atoms with Gasteiger partial charge in [-0.25, -0.2) is 4.79 Å². The van der Waals surface area contributed by atoms with Crippen molar-refractivity contribution >= 4 is 21.9 Å². The zero-order valence-electron chi connectivity index (χ0n) is 15.3. The second-order valence-corrected chi connectivity index (χ2v) is 6.81. The number of fused-ring (bicyclic) bond motifs is 2. The topological polar surface area (TPSA) is 82.8 Å². The molecule has 0 unspecified atom stereocenters. The molecule has 2 aromatic carbocycles. The smallest absolute Gasteiger partial charge is 0.336 e. The number of phenols is 1. The SMILES string of the molecule is CCc1cc2c(C[NH2+]CCc3c[nH]c4ccccc34)cc(=O)oc2cc1O. The number of benzene rings is 2. The molecule has 0 saturated carbocycles. The monoisotopic (exact) mass is 363 g/mol. The van der Waals surface area contributed by atoms with Crippen molar-refractivity contribution in [2.45, 2.75) is 26.3 Å². The molecule has 4 aromatic rings. The number of aromatic amines is 1. The minimum Gasteiger partial charge on any atom is -0.508 e. The summed E-state index contributed by atoms with van der Waals surface area (Å²) in [5.41, 5.74) is 4.32. The molecule has 4 N–H and O–H groups in total. The summed E-state index contributed by atoms with van der Waals surface area (Å²) >= 11 is 0. The predicted octanol–water partition coefficient (Wildman–Crippen LogP) is 2.85. The van der Waals surface area contributed by atoms with E-state index < -0.39 is 0 Å². The molecule has 0 amide bonds. The first kappa shape index (κ1) is 17.4. The molecule has 27 heavy (non-hydrogen) atoms. The summed E-state index contributed by atoms with van der Waals surface area (Å²) in [6.07, 6.45) is 3.75. The van der Waals surface area contributed by atoms with Crippen LogP contribution in [0.15, 0.2) is 57.9 Å². The number of nitrogens with one attached hydrogen (secondary N) is 1. The Morgan fingerprint density at radius 1 is 1.07 bits per heavy atom. The summed E-state index contributed by atoms with van der Waals surface area (Å²) in [5.74, 6) is 0.175. The van der Waals surface area contributed by atoms with Crippen molar-refractivity contribution in [1.82, 2.24) is 4.98 Å². The molecule has 138 valence electrons. The Bertz CT molecular complexity index is 1160. The third-order valence-corrected chi connectivity index (χ3v) is 5.07. The van der Waals surface area contributed by atoms with Crippen molar-refractivity contribution < 1.29 is 14.8 Å². The van der Waals surface area contributed by atoms with E-state index in [2.05, 4.69) is 34.7 Å². The number of hydrogen-bond donors (Lipinski definition) is 3. The zero-order valence-corrected chi connectivity index (χ0v) is 15.3. The number of phenolic OH excluding ortho intramolecular Hbond substituents is 1. The van der Waals surface area contributed by atoms with Crippen molar-refractivity contribution in [1.29, 1.82) is 0 Å². The molecule has 4 rings (SSSR count). The zero-order chi connectivity index (χ0) is 18.8. The number of aromatic hydroxyl groups is 1. The van der Waals surface area contributed by atoms with Gasteiger partial charge < -0.3 is 19.8 Å². The van der Waals surface area contributed by atoms with Gasteiger partial charge in [0.2, 0.25) is 0 Å². The Kier molecular flexibility index (Phi) is 4.69. The second kappa shape index (κ2) is 7.29. The summed E-state index contributed by atoms with van der Waals surface area (Å²) < 4.78 is 5.26. The average molecular weight is 363 g/mol. The molecular weight excluding hydrogens is 340 g/mol. The first-order chi connectivity index (χ1) is 13.2. The Balaban J connectivity index is 1.51. The van der Waals surface area contributed by atoms with Crippen LogP contribution in [0.2, 0.25) is 0 Å². The van der Waals surface area contributed by atoms with Crippen LogP contribution in [0.1, 0.15) is 23.6 Å². The van der Waals surface area contributed by atoms with E-state index in [0.717, 1.165) is 41.4 Å². The number of aryl methyl sites for hydroxylation is 1. The van der Waals surface area contributed by atoms with Crippen LogP contribution < -0.4 is 10.9 Å². The molecule has 0 saturated heterocycles. The normalized spacial score (nSPS) is 11.4. The lowest BCUT2D eigenvalue weighted by Crippen LogP contribution is -2.83. The highest BCUT2D eigenvalue weighted by Gasteiger charge is 2.11. The minimum atomic E-state index is -0.383. The maximum Gasteiger partial charge on any atom is 0.336 e. The molecule has 0 fully saturated rings.